The Labute approximate surface area is 138 Å². The molecular formula is C18H26N4O. The van der Waals surface area contributed by atoms with E-state index in [0.717, 1.165) is 39.1 Å². The van der Waals surface area contributed by atoms with Gasteiger partial charge in [0.1, 0.15) is 0 Å². The molecule has 0 aliphatic carbocycles. The van der Waals surface area contributed by atoms with Gasteiger partial charge in [-0.3, -0.25) is 14.5 Å². The molecule has 1 fully saturated rings. The maximum Gasteiger partial charge on any atom is 0.0534 e. The van der Waals surface area contributed by atoms with Gasteiger partial charge in [0, 0.05) is 64.2 Å². The summed E-state index contributed by atoms with van der Waals surface area (Å²) in [7, 11) is 1.95. The molecule has 1 saturated heterocycles. The fourth-order valence-electron chi connectivity index (χ4n) is 3.36. The van der Waals surface area contributed by atoms with Gasteiger partial charge in [-0.05, 0) is 12.0 Å². The largest absolute Gasteiger partial charge is 0.396 e. The molecule has 2 aromatic rings. The maximum atomic E-state index is 9.42. The highest BCUT2D eigenvalue weighted by molar-refractivity contribution is 5.15. The molecular weight excluding hydrogens is 288 g/mol. The third-order valence-electron chi connectivity index (χ3n) is 4.54. The number of piperazine rings is 1. The second-order valence-electron chi connectivity index (χ2n) is 6.38. The van der Waals surface area contributed by atoms with E-state index in [2.05, 4.69) is 51.4 Å². The molecule has 0 radical (unpaired) electrons. The van der Waals surface area contributed by atoms with Crippen molar-refractivity contribution in [3.8, 4) is 0 Å². The molecule has 1 aliphatic heterocycles. The van der Waals surface area contributed by atoms with Gasteiger partial charge in [0.05, 0.1) is 6.20 Å². The van der Waals surface area contributed by atoms with Crippen LogP contribution in [0, 0.1) is 0 Å². The van der Waals surface area contributed by atoms with Crippen LogP contribution in [0.1, 0.15) is 17.5 Å². The number of rotatable bonds is 6. The van der Waals surface area contributed by atoms with E-state index in [-0.39, 0.29) is 6.61 Å². The molecule has 0 unspecified atom stereocenters. The van der Waals surface area contributed by atoms with Gasteiger partial charge in [0.15, 0.2) is 0 Å². The number of aromatic nitrogens is 2. The Kier molecular flexibility index (Phi) is 5.43. The van der Waals surface area contributed by atoms with Crippen molar-refractivity contribution in [3.63, 3.8) is 0 Å². The number of hydrogen-bond acceptors (Lipinski definition) is 4. The Balaban J connectivity index is 1.61. The Morgan fingerprint density at radius 2 is 1.96 bits per heavy atom. The van der Waals surface area contributed by atoms with Crippen LogP contribution in [0.2, 0.25) is 0 Å². The van der Waals surface area contributed by atoms with Crippen LogP contribution < -0.4 is 0 Å². The summed E-state index contributed by atoms with van der Waals surface area (Å²) in [4.78, 5) is 4.98. The van der Waals surface area contributed by atoms with Crippen molar-refractivity contribution in [3.05, 3.63) is 53.9 Å². The minimum absolute atomic E-state index is 0.247. The van der Waals surface area contributed by atoms with Crippen LogP contribution >= 0.6 is 0 Å². The quantitative estimate of drug-likeness (QED) is 0.877. The number of benzene rings is 1. The van der Waals surface area contributed by atoms with Crippen molar-refractivity contribution in [1.82, 2.24) is 19.6 Å². The topological polar surface area (TPSA) is 44.5 Å². The van der Waals surface area contributed by atoms with E-state index in [0.29, 0.717) is 6.04 Å². The predicted molar refractivity (Wildman–Crippen MR) is 90.8 cm³/mol. The van der Waals surface area contributed by atoms with Gasteiger partial charge < -0.3 is 5.11 Å². The molecule has 2 heterocycles. The first kappa shape index (κ1) is 16.2. The summed E-state index contributed by atoms with van der Waals surface area (Å²) in [5.41, 5.74) is 2.60. The van der Waals surface area contributed by atoms with Gasteiger partial charge in [-0.1, -0.05) is 30.3 Å². The lowest BCUT2D eigenvalue weighted by atomic mass is 10.1. The third kappa shape index (κ3) is 4.41. The van der Waals surface area contributed by atoms with Gasteiger partial charge in [-0.15, -0.1) is 0 Å². The van der Waals surface area contributed by atoms with E-state index in [9.17, 15) is 5.11 Å². The molecule has 1 aromatic carbocycles. The summed E-state index contributed by atoms with van der Waals surface area (Å²) < 4.78 is 1.85. The molecule has 0 amide bonds. The summed E-state index contributed by atoms with van der Waals surface area (Å²) in [5, 5.41) is 13.7. The fourth-order valence-corrected chi connectivity index (χ4v) is 3.36. The summed E-state index contributed by atoms with van der Waals surface area (Å²) in [5.74, 6) is 0. The summed E-state index contributed by atoms with van der Waals surface area (Å²) in [6.45, 7) is 5.25. The summed E-state index contributed by atoms with van der Waals surface area (Å²) >= 11 is 0. The first-order chi connectivity index (χ1) is 11.2. The molecule has 0 bridgehead atoms. The zero-order chi connectivity index (χ0) is 16.1. The minimum Gasteiger partial charge on any atom is -0.396 e. The lowest BCUT2D eigenvalue weighted by Gasteiger charge is -2.41. The molecule has 5 heteroatoms. The maximum absolute atomic E-state index is 9.42. The van der Waals surface area contributed by atoms with Gasteiger partial charge in [0.25, 0.3) is 0 Å². The fraction of sp³-hybridized carbons (Fsp3) is 0.500. The first-order valence-corrected chi connectivity index (χ1v) is 8.33. The van der Waals surface area contributed by atoms with Crippen LogP contribution in [0.15, 0.2) is 42.7 Å². The van der Waals surface area contributed by atoms with Crippen molar-refractivity contribution < 1.29 is 5.11 Å². The highest BCUT2D eigenvalue weighted by Crippen LogP contribution is 2.18. The molecule has 0 spiro atoms. The van der Waals surface area contributed by atoms with Crippen molar-refractivity contribution in [1.29, 1.82) is 0 Å². The molecule has 3 rings (SSSR count). The average Bonchev–Trinajstić information content (AvgIpc) is 2.96. The number of nitrogens with zero attached hydrogens (tertiary/aromatic N) is 4. The number of aliphatic hydroxyl groups is 1. The molecule has 1 atom stereocenters. The monoisotopic (exact) mass is 314 g/mol. The molecule has 0 saturated carbocycles. The van der Waals surface area contributed by atoms with Crippen LogP contribution in [0.25, 0.3) is 0 Å². The van der Waals surface area contributed by atoms with E-state index in [1.54, 1.807) is 0 Å². The second-order valence-corrected chi connectivity index (χ2v) is 6.38. The molecule has 5 nitrogen and oxygen atoms in total. The van der Waals surface area contributed by atoms with Crippen molar-refractivity contribution in [2.75, 3.05) is 26.2 Å². The van der Waals surface area contributed by atoms with Crippen LogP contribution in [0.4, 0.5) is 0 Å². The van der Waals surface area contributed by atoms with Crippen LogP contribution in [0.3, 0.4) is 0 Å². The zero-order valence-corrected chi connectivity index (χ0v) is 13.8. The smallest absolute Gasteiger partial charge is 0.0534 e. The highest BCUT2D eigenvalue weighted by Gasteiger charge is 2.26. The average molecular weight is 314 g/mol. The second kappa shape index (κ2) is 7.73. The van der Waals surface area contributed by atoms with Crippen molar-refractivity contribution in [2.24, 2.45) is 7.05 Å². The molecule has 23 heavy (non-hydrogen) atoms. The van der Waals surface area contributed by atoms with Gasteiger partial charge in [-0.25, -0.2) is 0 Å². The van der Waals surface area contributed by atoms with E-state index in [1.807, 2.05) is 17.9 Å². The van der Waals surface area contributed by atoms with Gasteiger partial charge in [-0.2, -0.15) is 5.10 Å². The number of hydrogen-bond donors (Lipinski definition) is 1. The van der Waals surface area contributed by atoms with E-state index in [4.69, 9.17) is 0 Å². The summed E-state index contributed by atoms with van der Waals surface area (Å²) in [6.07, 6.45) is 4.85. The van der Waals surface area contributed by atoms with Crippen LogP contribution in [0.5, 0.6) is 0 Å². The van der Waals surface area contributed by atoms with E-state index in [1.165, 1.54) is 11.1 Å². The highest BCUT2D eigenvalue weighted by atomic mass is 16.3. The molecule has 1 N–H and O–H groups in total. The van der Waals surface area contributed by atoms with E-state index < -0.39 is 0 Å². The Morgan fingerprint density at radius 1 is 1.13 bits per heavy atom. The normalized spacial score (nSPS) is 20.0. The number of aryl methyl sites for hydroxylation is 1. The third-order valence-corrected chi connectivity index (χ3v) is 4.54. The van der Waals surface area contributed by atoms with Gasteiger partial charge in [0.2, 0.25) is 0 Å². The predicted octanol–water partition coefficient (Wildman–Crippen LogP) is 1.49. The van der Waals surface area contributed by atoms with Crippen LogP contribution in [-0.2, 0) is 20.1 Å². The molecule has 1 aliphatic rings. The first-order valence-electron chi connectivity index (χ1n) is 8.33. The Bertz CT molecular complexity index is 598. The number of aliphatic hydroxyl groups excluding tert-OH is 1. The summed E-state index contributed by atoms with van der Waals surface area (Å²) in [6, 6.07) is 11.0. The molecule has 124 valence electrons. The van der Waals surface area contributed by atoms with Crippen LogP contribution in [-0.4, -0.2) is 57.0 Å². The lowest BCUT2D eigenvalue weighted by molar-refractivity contribution is 0.0500. The lowest BCUT2D eigenvalue weighted by Crippen LogP contribution is -2.52. The minimum atomic E-state index is 0.247. The zero-order valence-electron chi connectivity index (χ0n) is 13.8. The SMILES string of the molecule is Cn1cc(CN2CCN(Cc3ccccc3)[C@H](CCO)C2)cn1. The Morgan fingerprint density at radius 3 is 2.65 bits per heavy atom. The van der Waals surface area contributed by atoms with Crippen molar-refractivity contribution in [2.45, 2.75) is 25.6 Å². The molecule has 1 aromatic heterocycles. The van der Waals surface area contributed by atoms with Gasteiger partial charge >= 0.3 is 0 Å². The standard InChI is InChI=1S/C18H26N4O/c1-20-12-17(11-19-20)13-21-8-9-22(18(15-21)7-10-23)14-16-5-3-2-4-6-16/h2-6,11-12,18,23H,7-10,13-15H2,1H3/t18-/m1/s1. The Hall–Kier alpha value is -1.69. The van der Waals surface area contributed by atoms with Crippen molar-refractivity contribution >= 4 is 0 Å². The van der Waals surface area contributed by atoms with E-state index >= 15 is 0 Å².